The summed E-state index contributed by atoms with van der Waals surface area (Å²) in [6.07, 6.45) is 1.89. The Hall–Kier alpha value is -0.990. The lowest BCUT2D eigenvalue weighted by Crippen LogP contribution is -1.55. The molecule has 0 rings (SSSR count). The van der Waals surface area contributed by atoms with Gasteiger partial charge in [0.15, 0.2) is 0 Å². The first kappa shape index (κ1) is 6.01. The van der Waals surface area contributed by atoms with Crippen LogP contribution in [0.1, 0.15) is 13.3 Å². The quantitative estimate of drug-likeness (QED) is 0.347. The standard InChI is InChI=1S/C6H6O/c1-2-3-4-5-6-7/h5H,4H2,1H3. The Kier molecular flexibility index (Phi) is 4.30. The fraction of sp³-hybridized carbons (Fsp3) is 0.333. The highest BCUT2D eigenvalue weighted by molar-refractivity contribution is 5.45. The predicted molar refractivity (Wildman–Crippen MR) is 28.3 cm³/mol. The maximum atomic E-state index is 9.43. The van der Waals surface area contributed by atoms with Crippen molar-refractivity contribution in [2.24, 2.45) is 0 Å². The van der Waals surface area contributed by atoms with E-state index in [0.717, 1.165) is 0 Å². The second kappa shape index (κ2) is 5.01. The smallest absolute Gasteiger partial charge is 0.121 e. The molecule has 0 aromatic carbocycles. The van der Waals surface area contributed by atoms with E-state index in [-0.39, 0.29) is 0 Å². The minimum Gasteiger partial charge on any atom is -0.234 e. The van der Waals surface area contributed by atoms with Crippen molar-refractivity contribution < 1.29 is 4.79 Å². The van der Waals surface area contributed by atoms with Crippen molar-refractivity contribution in [3.8, 4) is 11.8 Å². The Morgan fingerprint density at radius 1 is 1.71 bits per heavy atom. The first-order chi connectivity index (χ1) is 3.41. The third-order valence-electron chi connectivity index (χ3n) is 0.464. The Balaban J connectivity index is 3.27. The van der Waals surface area contributed by atoms with Crippen LogP contribution in [0.2, 0.25) is 0 Å². The monoisotopic (exact) mass is 94.0 g/mol. The average molecular weight is 94.1 g/mol. The van der Waals surface area contributed by atoms with Crippen LogP contribution in [-0.4, -0.2) is 5.94 Å². The summed E-state index contributed by atoms with van der Waals surface area (Å²) in [7, 11) is 0. The van der Waals surface area contributed by atoms with E-state index < -0.39 is 0 Å². The van der Waals surface area contributed by atoms with Crippen LogP contribution in [0.15, 0.2) is 6.08 Å². The van der Waals surface area contributed by atoms with E-state index in [1.165, 1.54) is 6.08 Å². The zero-order chi connectivity index (χ0) is 5.54. The van der Waals surface area contributed by atoms with E-state index in [9.17, 15) is 4.79 Å². The number of carbonyl (C=O) groups excluding carboxylic acids is 1. The van der Waals surface area contributed by atoms with Crippen LogP contribution in [-0.2, 0) is 4.79 Å². The summed E-state index contributed by atoms with van der Waals surface area (Å²) in [5.41, 5.74) is 0. The first-order valence-electron chi connectivity index (χ1n) is 2.00. The SMILES string of the molecule is CC#CCC=C=O. The molecular formula is C6H6O. The van der Waals surface area contributed by atoms with Gasteiger partial charge in [-0.05, 0) is 6.92 Å². The maximum Gasteiger partial charge on any atom is 0.121 e. The van der Waals surface area contributed by atoms with Crippen LogP contribution in [0.25, 0.3) is 0 Å². The summed E-state index contributed by atoms with van der Waals surface area (Å²) in [6.45, 7) is 1.73. The van der Waals surface area contributed by atoms with Crippen molar-refractivity contribution in [2.75, 3.05) is 0 Å². The van der Waals surface area contributed by atoms with Gasteiger partial charge in [0.2, 0.25) is 0 Å². The molecule has 1 nitrogen and oxygen atoms in total. The van der Waals surface area contributed by atoms with Crippen LogP contribution in [0.3, 0.4) is 0 Å². The zero-order valence-corrected chi connectivity index (χ0v) is 4.19. The molecule has 0 bridgehead atoms. The summed E-state index contributed by atoms with van der Waals surface area (Å²) in [5, 5.41) is 0. The van der Waals surface area contributed by atoms with Gasteiger partial charge in [-0.3, -0.25) is 0 Å². The molecule has 0 fully saturated rings. The van der Waals surface area contributed by atoms with E-state index >= 15 is 0 Å². The van der Waals surface area contributed by atoms with Gasteiger partial charge in [0.05, 0.1) is 0 Å². The van der Waals surface area contributed by atoms with E-state index in [0.29, 0.717) is 6.42 Å². The van der Waals surface area contributed by atoms with Crippen molar-refractivity contribution >= 4 is 5.94 Å². The molecule has 0 aliphatic heterocycles. The van der Waals surface area contributed by atoms with Gasteiger partial charge in [-0.15, -0.1) is 5.92 Å². The molecule has 0 atom stereocenters. The van der Waals surface area contributed by atoms with Crippen LogP contribution in [0.4, 0.5) is 0 Å². The zero-order valence-electron chi connectivity index (χ0n) is 4.19. The van der Waals surface area contributed by atoms with E-state index in [1.807, 2.05) is 0 Å². The molecular weight excluding hydrogens is 88.1 g/mol. The second-order valence-electron chi connectivity index (χ2n) is 0.953. The van der Waals surface area contributed by atoms with Gasteiger partial charge in [0.1, 0.15) is 5.94 Å². The van der Waals surface area contributed by atoms with Crippen LogP contribution >= 0.6 is 0 Å². The fourth-order valence-electron chi connectivity index (χ4n) is 0.195. The largest absolute Gasteiger partial charge is 0.234 e. The van der Waals surface area contributed by atoms with Crippen molar-refractivity contribution in [1.29, 1.82) is 0 Å². The van der Waals surface area contributed by atoms with Gasteiger partial charge < -0.3 is 0 Å². The summed E-state index contributed by atoms with van der Waals surface area (Å²) < 4.78 is 0. The molecule has 0 aromatic heterocycles. The molecule has 0 spiro atoms. The molecule has 0 heterocycles. The number of hydrogen-bond acceptors (Lipinski definition) is 1. The number of allylic oxidation sites excluding steroid dienone is 1. The van der Waals surface area contributed by atoms with Gasteiger partial charge in [0.25, 0.3) is 0 Å². The van der Waals surface area contributed by atoms with Gasteiger partial charge in [-0.1, -0.05) is 5.92 Å². The molecule has 1 heteroatoms. The number of rotatable bonds is 1. The van der Waals surface area contributed by atoms with Gasteiger partial charge in [-0.2, -0.15) is 0 Å². The van der Waals surface area contributed by atoms with Crippen molar-refractivity contribution in [3.63, 3.8) is 0 Å². The molecule has 7 heavy (non-hydrogen) atoms. The summed E-state index contributed by atoms with van der Waals surface area (Å²) in [6, 6.07) is 0. The highest BCUT2D eigenvalue weighted by Crippen LogP contribution is 1.69. The molecule has 0 radical (unpaired) electrons. The predicted octanol–water partition coefficient (Wildman–Crippen LogP) is 0.788. The molecule has 0 saturated carbocycles. The molecule has 0 aliphatic rings. The summed E-state index contributed by atoms with van der Waals surface area (Å²) >= 11 is 0. The lowest BCUT2D eigenvalue weighted by molar-refractivity contribution is 0.568. The third kappa shape index (κ3) is 5.01. The second-order valence-corrected chi connectivity index (χ2v) is 0.953. The molecule has 0 aliphatic carbocycles. The Morgan fingerprint density at radius 2 is 2.43 bits per heavy atom. The lowest BCUT2D eigenvalue weighted by Gasteiger charge is -1.62. The Labute approximate surface area is 43.0 Å². The maximum absolute atomic E-state index is 9.43. The van der Waals surface area contributed by atoms with Gasteiger partial charge >= 0.3 is 0 Å². The van der Waals surface area contributed by atoms with E-state index in [2.05, 4.69) is 11.8 Å². The minimum atomic E-state index is 0.528. The van der Waals surface area contributed by atoms with Gasteiger partial charge in [-0.25, -0.2) is 4.79 Å². The Morgan fingerprint density at radius 3 is 2.86 bits per heavy atom. The third-order valence-corrected chi connectivity index (χ3v) is 0.464. The van der Waals surface area contributed by atoms with Gasteiger partial charge in [0, 0.05) is 12.5 Å². The molecule has 0 amide bonds. The Bertz CT molecular complexity index is 130. The topological polar surface area (TPSA) is 17.1 Å². The first-order valence-corrected chi connectivity index (χ1v) is 2.00. The van der Waals surface area contributed by atoms with Crippen molar-refractivity contribution in [3.05, 3.63) is 6.08 Å². The molecule has 0 saturated heterocycles. The highest BCUT2D eigenvalue weighted by Gasteiger charge is 1.61. The molecule has 0 unspecified atom stereocenters. The lowest BCUT2D eigenvalue weighted by atomic mass is 10.4. The van der Waals surface area contributed by atoms with Crippen LogP contribution in [0.5, 0.6) is 0 Å². The summed E-state index contributed by atoms with van der Waals surface area (Å²) in [4.78, 5) is 9.43. The number of hydrogen-bond donors (Lipinski definition) is 0. The summed E-state index contributed by atoms with van der Waals surface area (Å²) in [5.74, 6) is 6.95. The minimum absolute atomic E-state index is 0.528. The van der Waals surface area contributed by atoms with Crippen LogP contribution in [0, 0.1) is 11.8 Å². The molecule has 0 N–H and O–H groups in total. The fourth-order valence-corrected chi connectivity index (χ4v) is 0.195. The average Bonchev–Trinajstić information content (AvgIpc) is 1.69. The highest BCUT2D eigenvalue weighted by atomic mass is 16.1. The van der Waals surface area contributed by atoms with Crippen molar-refractivity contribution in [1.82, 2.24) is 0 Å². The normalized spacial score (nSPS) is 5.29. The van der Waals surface area contributed by atoms with E-state index in [1.54, 1.807) is 12.9 Å². The molecule has 36 valence electrons. The molecule has 0 aromatic rings. The van der Waals surface area contributed by atoms with Crippen molar-refractivity contribution in [2.45, 2.75) is 13.3 Å². The van der Waals surface area contributed by atoms with Crippen LogP contribution < -0.4 is 0 Å². The van der Waals surface area contributed by atoms with E-state index in [4.69, 9.17) is 0 Å².